The van der Waals surface area contributed by atoms with Crippen molar-refractivity contribution in [2.24, 2.45) is 5.92 Å². The van der Waals surface area contributed by atoms with Crippen LogP contribution in [-0.2, 0) is 5.41 Å². The molecular formula is C16H18ClNS. The maximum atomic E-state index is 6.19. The van der Waals surface area contributed by atoms with Crippen molar-refractivity contribution in [2.45, 2.75) is 31.7 Å². The summed E-state index contributed by atoms with van der Waals surface area (Å²) in [6.07, 6.45) is 1.37. The highest BCUT2D eigenvalue weighted by molar-refractivity contribution is 7.17. The molecule has 2 fully saturated rings. The average molecular weight is 292 g/mol. The molecule has 0 N–H and O–H groups in total. The lowest BCUT2D eigenvalue weighted by atomic mass is 9.94. The fraction of sp³-hybridized carbons (Fsp3) is 0.500. The van der Waals surface area contributed by atoms with Crippen LogP contribution in [-0.4, -0.2) is 24.0 Å². The third-order valence-corrected chi connectivity index (χ3v) is 6.17. The van der Waals surface area contributed by atoms with Crippen molar-refractivity contribution in [1.82, 2.24) is 4.90 Å². The first-order valence-corrected chi connectivity index (χ1v) is 8.27. The minimum atomic E-state index is 0.438. The van der Waals surface area contributed by atoms with Crippen LogP contribution in [0.1, 0.15) is 25.8 Å². The predicted molar refractivity (Wildman–Crippen MR) is 83.3 cm³/mol. The SMILES string of the molecule is CC(C)N1CC2CC2(c2csc3ccc(Cl)cc23)C1. The average Bonchev–Trinajstić information content (AvgIpc) is 2.75. The molecule has 1 saturated heterocycles. The molecule has 1 aromatic carbocycles. The Morgan fingerprint density at radius 3 is 3.00 bits per heavy atom. The smallest absolute Gasteiger partial charge is 0.0413 e. The Labute approximate surface area is 123 Å². The van der Waals surface area contributed by atoms with Crippen LogP contribution in [0.2, 0.25) is 5.02 Å². The molecule has 2 atom stereocenters. The molecule has 1 nitrogen and oxygen atoms in total. The number of likely N-dealkylation sites (tertiary alicyclic amines) is 1. The first-order valence-electron chi connectivity index (χ1n) is 7.01. The van der Waals surface area contributed by atoms with E-state index >= 15 is 0 Å². The van der Waals surface area contributed by atoms with Crippen LogP contribution in [0.3, 0.4) is 0 Å². The lowest BCUT2D eigenvalue weighted by Crippen LogP contribution is -2.32. The van der Waals surface area contributed by atoms with Crippen molar-refractivity contribution >= 4 is 33.0 Å². The van der Waals surface area contributed by atoms with Gasteiger partial charge in [-0.1, -0.05) is 11.6 Å². The molecule has 1 aliphatic heterocycles. The molecule has 2 heterocycles. The number of thiophene rings is 1. The zero-order valence-electron chi connectivity index (χ0n) is 11.3. The van der Waals surface area contributed by atoms with E-state index in [0.29, 0.717) is 11.5 Å². The highest BCUT2D eigenvalue weighted by Gasteiger charge is 2.61. The minimum Gasteiger partial charge on any atom is -0.300 e. The number of hydrogen-bond donors (Lipinski definition) is 0. The van der Waals surface area contributed by atoms with Gasteiger partial charge in [-0.2, -0.15) is 0 Å². The third kappa shape index (κ3) is 1.70. The molecule has 0 bridgehead atoms. The van der Waals surface area contributed by atoms with Crippen molar-refractivity contribution in [3.63, 3.8) is 0 Å². The highest BCUT2D eigenvalue weighted by atomic mass is 35.5. The molecule has 2 aliphatic rings. The van der Waals surface area contributed by atoms with E-state index < -0.39 is 0 Å². The predicted octanol–water partition coefficient (Wildman–Crippen LogP) is 4.54. The van der Waals surface area contributed by atoms with E-state index in [1.54, 1.807) is 5.56 Å². The summed E-state index contributed by atoms with van der Waals surface area (Å²) >= 11 is 8.05. The summed E-state index contributed by atoms with van der Waals surface area (Å²) in [4.78, 5) is 2.63. The van der Waals surface area contributed by atoms with Crippen LogP contribution in [0.25, 0.3) is 10.1 Å². The number of nitrogens with zero attached hydrogens (tertiary/aromatic N) is 1. The third-order valence-electron chi connectivity index (χ3n) is 4.97. The van der Waals surface area contributed by atoms with Crippen LogP contribution >= 0.6 is 22.9 Å². The lowest BCUT2D eigenvalue weighted by molar-refractivity contribution is 0.243. The number of fused-ring (bicyclic) bond motifs is 2. The molecule has 1 aliphatic carbocycles. The topological polar surface area (TPSA) is 3.24 Å². The summed E-state index contributed by atoms with van der Waals surface area (Å²) < 4.78 is 1.38. The standard InChI is InChI=1S/C16H18ClNS/c1-10(2)18-7-11-6-16(11,9-18)14-8-19-15-4-3-12(17)5-13(14)15/h3-5,8,10-11H,6-7,9H2,1-2H3. The van der Waals surface area contributed by atoms with E-state index in [-0.39, 0.29) is 0 Å². The second kappa shape index (κ2) is 3.97. The summed E-state index contributed by atoms with van der Waals surface area (Å²) in [7, 11) is 0. The van der Waals surface area contributed by atoms with Gasteiger partial charge in [0.25, 0.3) is 0 Å². The van der Waals surface area contributed by atoms with Crippen LogP contribution in [0.15, 0.2) is 23.6 Å². The van der Waals surface area contributed by atoms with Gasteiger partial charge in [0.15, 0.2) is 0 Å². The number of piperidine rings is 1. The van der Waals surface area contributed by atoms with E-state index in [0.717, 1.165) is 10.9 Å². The van der Waals surface area contributed by atoms with E-state index in [4.69, 9.17) is 11.6 Å². The quantitative estimate of drug-likeness (QED) is 0.785. The van der Waals surface area contributed by atoms with Crippen molar-refractivity contribution in [2.75, 3.05) is 13.1 Å². The number of halogens is 1. The van der Waals surface area contributed by atoms with E-state index in [1.165, 1.54) is 29.6 Å². The maximum absolute atomic E-state index is 6.19. The summed E-state index contributed by atoms with van der Waals surface area (Å²) in [5.74, 6) is 0.867. The molecule has 4 rings (SSSR count). The molecule has 0 amide bonds. The van der Waals surface area contributed by atoms with Crippen LogP contribution in [0.4, 0.5) is 0 Å². The Bertz CT molecular complexity index is 647. The second-order valence-electron chi connectivity index (χ2n) is 6.37. The molecule has 2 aromatic rings. The molecule has 1 aromatic heterocycles. The number of hydrogen-bond acceptors (Lipinski definition) is 2. The normalized spacial score (nSPS) is 30.2. The van der Waals surface area contributed by atoms with Crippen molar-refractivity contribution in [3.05, 3.63) is 34.2 Å². The fourth-order valence-electron chi connectivity index (χ4n) is 3.72. The van der Waals surface area contributed by atoms with Gasteiger partial charge in [-0.15, -0.1) is 11.3 Å². The summed E-state index contributed by atoms with van der Waals surface area (Å²) in [5, 5.41) is 4.63. The molecule has 0 spiro atoms. The van der Waals surface area contributed by atoms with Gasteiger partial charge in [0, 0.05) is 34.3 Å². The Kier molecular flexibility index (Phi) is 2.55. The van der Waals surface area contributed by atoms with E-state index in [9.17, 15) is 0 Å². The molecule has 100 valence electrons. The summed E-state index contributed by atoms with van der Waals surface area (Å²) in [5.41, 5.74) is 2.00. The Balaban J connectivity index is 1.78. The number of benzene rings is 1. The van der Waals surface area contributed by atoms with Crippen LogP contribution in [0, 0.1) is 5.92 Å². The maximum Gasteiger partial charge on any atom is 0.0413 e. The monoisotopic (exact) mass is 291 g/mol. The minimum absolute atomic E-state index is 0.438. The zero-order valence-corrected chi connectivity index (χ0v) is 12.9. The summed E-state index contributed by atoms with van der Waals surface area (Å²) in [6, 6.07) is 6.99. The molecule has 3 heteroatoms. The largest absolute Gasteiger partial charge is 0.300 e. The second-order valence-corrected chi connectivity index (χ2v) is 7.72. The van der Waals surface area contributed by atoms with E-state index in [2.05, 4.69) is 36.3 Å². The van der Waals surface area contributed by atoms with Crippen LogP contribution in [0.5, 0.6) is 0 Å². The fourth-order valence-corrected chi connectivity index (χ4v) is 4.94. The molecule has 0 radical (unpaired) electrons. The van der Waals surface area contributed by atoms with Gasteiger partial charge in [0.1, 0.15) is 0 Å². The van der Waals surface area contributed by atoms with Gasteiger partial charge in [-0.3, -0.25) is 4.90 Å². The first kappa shape index (κ1) is 12.2. The van der Waals surface area contributed by atoms with Crippen molar-refractivity contribution in [1.29, 1.82) is 0 Å². The van der Waals surface area contributed by atoms with Gasteiger partial charge in [0.2, 0.25) is 0 Å². The van der Waals surface area contributed by atoms with Gasteiger partial charge >= 0.3 is 0 Å². The molecular weight excluding hydrogens is 274 g/mol. The first-order chi connectivity index (χ1) is 9.10. The highest BCUT2D eigenvalue weighted by Crippen LogP contribution is 2.61. The Morgan fingerprint density at radius 1 is 1.42 bits per heavy atom. The Hall–Kier alpha value is -0.570. The Morgan fingerprint density at radius 2 is 2.26 bits per heavy atom. The van der Waals surface area contributed by atoms with Gasteiger partial charge in [-0.05, 0) is 60.7 Å². The van der Waals surface area contributed by atoms with Crippen LogP contribution < -0.4 is 0 Å². The van der Waals surface area contributed by atoms with Gasteiger partial charge in [-0.25, -0.2) is 0 Å². The van der Waals surface area contributed by atoms with Crippen molar-refractivity contribution < 1.29 is 0 Å². The van der Waals surface area contributed by atoms with Gasteiger partial charge in [0.05, 0.1) is 0 Å². The molecule has 1 saturated carbocycles. The molecule has 2 unspecified atom stereocenters. The van der Waals surface area contributed by atoms with E-state index in [1.807, 2.05) is 17.4 Å². The number of rotatable bonds is 2. The van der Waals surface area contributed by atoms with Gasteiger partial charge < -0.3 is 0 Å². The lowest BCUT2D eigenvalue weighted by Gasteiger charge is -2.24. The molecule has 19 heavy (non-hydrogen) atoms. The zero-order chi connectivity index (χ0) is 13.2. The summed E-state index contributed by atoms with van der Waals surface area (Å²) in [6.45, 7) is 7.12. The van der Waals surface area contributed by atoms with Crippen molar-refractivity contribution in [3.8, 4) is 0 Å².